The van der Waals surface area contributed by atoms with E-state index in [4.69, 9.17) is 9.47 Å². The SMILES string of the molecule is CC1COC2(CCN(C)CC2)O1. The number of rotatable bonds is 0. The first-order chi connectivity index (χ1) is 5.70. The van der Waals surface area contributed by atoms with Crippen LogP contribution >= 0.6 is 0 Å². The van der Waals surface area contributed by atoms with Gasteiger partial charge in [-0.1, -0.05) is 0 Å². The first-order valence-electron chi connectivity index (χ1n) is 4.71. The van der Waals surface area contributed by atoms with Gasteiger partial charge in [0.2, 0.25) is 0 Å². The van der Waals surface area contributed by atoms with Crippen LogP contribution in [0.25, 0.3) is 0 Å². The molecule has 2 aliphatic heterocycles. The summed E-state index contributed by atoms with van der Waals surface area (Å²) in [6.07, 6.45) is 2.33. The maximum Gasteiger partial charge on any atom is 0.171 e. The van der Waals surface area contributed by atoms with Crippen LogP contribution in [0.5, 0.6) is 0 Å². The molecule has 3 nitrogen and oxygen atoms in total. The first-order valence-corrected chi connectivity index (χ1v) is 4.71. The number of ether oxygens (including phenoxy) is 2. The molecule has 0 aromatic carbocycles. The molecule has 2 rings (SSSR count). The smallest absolute Gasteiger partial charge is 0.171 e. The van der Waals surface area contributed by atoms with Gasteiger partial charge >= 0.3 is 0 Å². The fraction of sp³-hybridized carbons (Fsp3) is 1.00. The average Bonchev–Trinajstić information content (AvgIpc) is 2.40. The van der Waals surface area contributed by atoms with Crippen LogP contribution < -0.4 is 0 Å². The van der Waals surface area contributed by atoms with Gasteiger partial charge in [-0.05, 0) is 14.0 Å². The van der Waals surface area contributed by atoms with Crippen molar-refractivity contribution in [3.8, 4) is 0 Å². The Labute approximate surface area is 73.6 Å². The Kier molecular flexibility index (Phi) is 2.10. The van der Waals surface area contributed by atoms with Crippen molar-refractivity contribution in [1.29, 1.82) is 0 Å². The molecule has 1 spiro atoms. The number of nitrogens with zero attached hydrogens (tertiary/aromatic N) is 1. The Bertz CT molecular complexity index is 164. The lowest BCUT2D eigenvalue weighted by Gasteiger charge is -2.36. The van der Waals surface area contributed by atoms with Crippen molar-refractivity contribution in [3.63, 3.8) is 0 Å². The number of likely N-dealkylation sites (tertiary alicyclic amines) is 1. The van der Waals surface area contributed by atoms with E-state index in [-0.39, 0.29) is 11.9 Å². The molecule has 2 heterocycles. The van der Waals surface area contributed by atoms with Gasteiger partial charge in [0.15, 0.2) is 5.79 Å². The fourth-order valence-corrected chi connectivity index (χ4v) is 1.93. The molecule has 0 aromatic rings. The predicted octanol–water partition coefficient (Wildman–Crippen LogP) is 0.844. The minimum atomic E-state index is -0.216. The van der Waals surface area contributed by atoms with Gasteiger partial charge in [0.25, 0.3) is 0 Å². The quantitative estimate of drug-likeness (QED) is 0.539. The van der Waals surface area contributed by atoms with Gasteiger partial charge < -0.3 is 14.4 Å². The molecule has 0 aliphatic carbocycles. The standard InChI is InChI=1S/C9H17NO2/c1-8-7-11-9(12-8)3-5-10(2)6-4-9/h8H,3-7H2,1-2H3. The van der Waals surface area contributed by atoms with Gasteiger partial charge in [0.1, 0.15) is 0 Å². The number of piperidine rings is 1. The van der Waals surface area contributed by atoms with E-state index in [1.54, 1.807) is 0 Å². The van der Waals surface area contributed by atoms with E-state index in [9.17, 15) is 0 Å². The minimum Gasteiger partial charge on any atom is -0.347 e. The second kappa shape index (κ2) is 2.98. The van der Waals surface area contributed by atoms with Crippen LogP contribution in [0.1, 0.15) is 19.8 Å². The summed E-state index contributed by atoms with van der Waals surface area (Å²) in [7, 11) is 2.14. The van der Waals surface area contributed by atoms with Crippen molar-refractivity contribution in [3.05, 3.63) is 0 Å². The van der Waals surface area contributed by atoms with Crippen LogP contribution in [0.2, 0.25) is 0 Å². The van der Waals surface area contributed by atoms with E-state index in [2.05, 4.69) is 18.9 Å². The van der Waals surface area contributed by atoms with Crippen molar-refractivity contribution in [2.45, 2.75) is 31.7 Å². The molecule has 12 heavy (non-hydrogen) atoms. The number of hydrogen-bond donors (Lipinski definition) is 0. The Hall–Kier alpha value is -0.120. The Balaban J connectivity index is 1.95. The van der Waals surface area contributed by atoms with Crippen LogP contribution in [0.3, 0.4) is 0 Å². The second-order valence-corrected chi connectivity index (χ2v) is 3.95. The van der Waals surface area contributed by atoms with Gasteiger partial charge in [-0.2, -0.15) is 0 Å². The van der Waals surface area contributed by atoms with Crippen molar-refractivity contribution >= 4 is 0 Å². The molecule has 0 radical (unpaired) electrons. The van der Waals surface area contributed by atoms with Gasteiger partial charge in [0, 0.05) is 25.9 Å². The molecule has 2 aliphatic rings. The maximum absolute atomic E-state index is 5.79. The Morgan fingerprint density at radius 1 is 1.33 bits per heavy atom. The van der Waals surface area contributed by atoms with Gasteiger partial charge in [-0.3, -0.25) is 0 Å². The van der Waals surface area contributed by atoms with Crippen LogP contribution in [-0.4, -0.2) is 43.5 Å². The average molecular weight is 171 g/mol. The molecule has 1 atom stereocenters. The van der Waals surface area contributed by atoms with Crippen LogP contribution in [-0.2, 0) is 9.47 Å². The van der Waals surface area contributed by atoms with E-state index in [0.29, 0.717) is 0 Å². The van der Waals surface area contributed by atoms with Crippen molar-refractivity contribution in [1.82, 2.24) is 4.90 Å². The van der Waals surface area contributed by atoms with Crippen molar-refractivity contribution < 1.29 is 9.47 Å². The lowest BCUT2D eigenvalue weighted by Crippen LogP contribution is -2.43. The van der Waals surface area contributed by atoms with E-state index >= 15 is 0 Å². The van der Waals surface area contributed by atoms with Gasteiger partial charge in [0.05, 0.1) is 12.7 Å². The Morgan fingerprint density at radius 3 is 2.50 bits per heavy atom. The molecule has 0 saturated carbocycles. The fourth-order valence-electron chi connectivity index (χ4n) is 1.93. The summed E-state index contributed by atoms with van der Waals surface area (Å²) in [4.78, 5) is 2.32. The highest BCUT2D eigenvalue weighted by Gasteiger charge is 2.41. The van der Waals surface area contributed by atoms with E-state index in [1.165, 1.54) is 0 Å². The van der Waals surface area contributed by atoms with E-state index < -0.39 is 0 Å². The molecule has 0 N–H and O–H groups in total. The third-order valence-corrected chi connectivity index (χ3v) is 2.75. The van der Waals surface area contributed by atoms with Crippen LogP contribution in [0.15, 0.2) is 0 Å². The highest BCUT2D eigenvalue weighted by molar-refractivity contribution is 4.83. The molecule has 3 heteroatoms. The zero-order valence-corrected chi connectivity index (χ0v) is 7.88. The van der Waals surface area contributed by atoms with Crippen LogP contribution in [0, 0.1) is 0 Å². The highest BCUT2D eigenvalue weighted by Crippen LogP contribution is 2.33. The molecule has 0 amide bonds. The molecule has 1 unspecified atom stereocenters. The number of hydrogen-bond acceptors (Lipinski definition) is 3. The maximum atomic E-state index is 5.79. The predicted molar refractivity (Wildman–Crippen MR) is 46.0 cm³/mol. The zero-order chi connectivity index (χ0) is 8.60. The first kappa shape index (κ1) is 8.48. The second-order valence-electron chi connectivity index (χ2n) is 3.95. The van der Waals surface area contributed by atoms with Gasteiger partial charge in [-0.15, -0.1) is 0 Å². The molecule has 70 valence electrons. The normalized spacial score (nSPS) is 36.0. The summed E-state index contributed by atoms with van der Waals surface area (Å²) in [5.74, 6) is -0.216. The third kappa shape index (κ3) is 1.49. The van der Waals surface area contributed by atoms with Crippen LogP contribution in [0.4, 0.5) is 0 Å². The molecular formula is C9H17NO2. The summed E-state index contributed by atoms with van der Waals surface area (Å²) in [5.41, 5.74) is 0. The summed E-state index contributed by atoms with van der Waals surface area (Å²) in [5, 5.41) is 0. The summed E-state index contributed by atoms with van der Waals surface area (Å²) >= 11 is 0. The monoisotopic (exact) mass is 171 g/mol. The highest BCUT2D eigenvalue weighted by atomic mass is 16.7. The van der Waals surface area contributed by atoms with E-state index in [1.807, 2.05) is 0 Å². The van der Waals surface area contributed by atoms with Crippen molar-refractivity contribution in [2.75, 3.05) is 26.7 Å². The largest absolute Gasteiger partial charge is 0.347 e. The molecule has 0 bridgehead atoms. The lowest BCUT2D eigenvalue weighted by atomic mass is 10.0. The summed E-state index contributed by atoms with van der Waals surface area (Å²) in [6, 6.07) is 0. The molecule has 0 aromatic heterocycles. The van der Waals surface area contributed by atoms with Gasteiger partial charge in [-0.25, -0.2) is 0 Å². The summed E-state index contributed by atoms with van der Waals surface area (Å²) < 4.78 is 11.5. The third-order valence-electron chi connectivity index (χ3n) is 2.75. The minimum absolute atomic E-state index is 0.216. The summed E-state index contributed by atoms with van der Waals surface area (Å²) in [6.45, 7) is 5.02. The molecule has 2 saturated heterocycles. The Morgan fingerprint density at radius 2 is 2.00 bits per heavy atom. The molecule has 2 fully saturated rings. The lowest BCUT2D eigenvalue weighted by molar-refractivity contribution is -0.191. The van der Waals surface area contributed by atoms with Crippen molar-refractivity contribution in [2.24, 2.45) is 0 Å². The molecular weight excluding hydrogens is 154 g/mol. The van der Waals surface area contributed by atoms with E-state index in [0.717, 1.165) is 32.5 Å². The zero-order valence-electron chi connectivity index (χ0n) is 7.88. The topological polar surface area (TPSA) is 21.7 Å².